The zero-order valence-corrected chi connectivity index (χ0v) is 10.1. The molecule has 1 aromatic carbocycles. The van der Waals surface area contributed by atoms with E-state index in [1.54, 1.807) is 6.07 Å². The molecular weight excluding hydrogens is 222 g/mol. The van der Waals surface area contributed by atoms with Crippen molar-refractivity contribution >= 4 is 11.6 Å². The predicted octanol–water partition coefficient (Wildman–Crippen LogP) is 3.33. The Morgan fingerprint density at radius 1 is 1.38 bits per heavy atom. The fraction of sp³-hybridized carbons (Fsp3) is 0.538. The monoisotopic (exact) mass is 239 g/mol. The van der Waals surface area contributed by atoms with Gasteiger partial charge in [0, 0.05) is 6.54 Å². The highest BCUT2D eigenvalue weighted by atomic mass is 35.5. The van der Waals surface area contributed by atoms with Gasteiger partial charge in [0.05, 0.1) is 5.02 Å². The first-order chi connectivity index (χ1) is 7.75. The van der Waals surface area contributed by atoms with Crippen LogP contribution >= 0.6 is 11.6 Å². The van der Waals surface area contributed by atoms with Gasteiger partial charge in [-0.3, -0.25) is 0 Å². The van der Waals surface area contributed by atoms with E-state index in [1.165, 1.54) is 25.7 Å². The number of hydrogen-bond donors (Lipinski definition) is 2. The molecule has 2 rings (SSSR count). The van der Waals surface area contributed by atoms with Gasteiger partial charge in [-0.1, -0.05) is 36.9 Å². The molecule has 0 spiro atoms. The Bertz CT molecular complexity index is 350. The molecule has 88 valence electrons. The third kappa shape index (κ3) is 3.13. The average Bonchev–Trinajstić information content (AvgIpc) is 2.20. The zero-order chi connectivity index (χ0) is 11.4. The van der Waals surface area contributed by atoms with E-state index >= 15 is 0 Å². The minimum atomic E-state index is 0.153. The van der Waals surface area contributed by atoms with Crippen molar-refractivity contribution in [2.24, 2.45) is 5.92 Å². The Morgan fingerprint density at radius 3 is 2.81 bits per heavy atom. The molecule has 2 nitrogen and oxygen atoms in total. The molecule has 1 aliphatic rings. The third-order valence-electron chi connectivity index (χ3n) is 3.30. The van der Waals surface area contributed by atoms with Crippen molar-refractivity contribution in [3.05, 3.63) is 28.8 Å². The highest BCUT2D eigenvalue weighted by Crippen LogP contribution is 2.28. The Labute approximate surface area is 102 Å². The standard InChI is InChI=1S/C13H18ClNO/c14-12-8-11(4-5-13(12)16)9-15-7-6-10-2-1-3-10/h4-5,8,10,15-16H,1-3,6-7,9H2. The van der Waals surface area contributed by atoms with Gasteiger partial charge in [-0.2, -0.15) is 0 Å². The lowest BCUT2D eigenvalue weighted by atomic mass is 9.83. The molecule has 0 aliphatic heterocycles. The van der Waals surface area contributed by atoms with Crippen molar-refractivity contribution in [3.63, 3.8) is 0 Å². The number of nitrogens with one attached hydrogen (secondary N) is 1. The van der Waals surface area contributed by atoms with E-state index in [0.29, 0.717) is 5.02 Å². The van der Waals surface area contributed by atoms with E-state index in [1.807, 2.05) is 12.1 Å². The highest BCUT2D eigenvalue weighted by molar-refractivity contribution is 6.32. The summed E-state index contributed by atoms with van der Waals surface area (Å²) in [5, 5.41) is 13.1. The molecule has 0 heterocycles. The number of phenolic OH excluding ortho intramolecular Hbond substituents is 1. The lowest BCUT2D eigenvalue weighted by Gasteiger charge is -2.25. The van der Waals surface area contributed by atoms with Crippen LogP contribution in [0.1, 0.15) is 31.2 Å². The van der Waals surface area contributed by atoms with Crippen LogP contribution in [0.2, 0.25) is 5.02 Å². The second kappa shape index (κ2) is 5.55. The van der Waals surface area contributed by atoms with Crippen LogP contribution in [0.25, 0.3) is 0 Å². The van der Waals surface area contributed by atoms with Crippen molar-refractivity contribution in [2.75, 3.05) is 6.54 Å². The van der Waals surface area contributed by atoms with Crippen LogP contribution in [0, 0.1) is 5.92 Å². The maximum absolute atomic E-state index is 9.28. The van der Waals surface area contributed by atoms with Gasteiger partial charge in [-0.25, -0.2) is 0 Å². The van der Waals surface area contributed by atoms with Crippen LogP contribution in [-0.4, -0.2) is 11.7 Å². The van der Waals surface area contributed by atoms with Gasteiger partial charge in [0.15, 0.2) is 0 Å². The number of phenols is 1. The molecule has 1 saturated carbocycles. The molecule has 0 atom stereocenters. The average molecular weight is 240 g/mol. The van der Waals surface area contributed by atoms with Crippen molar-refractivity contribution < 1.29 is 5.11 Å². The molecule has 0 saturated heterocycles. The van der Waals surface area contributed by atoms with Crippen LogP contribution in [0.3, 0.4) is 0 Å². The summed E-state index contributed by atoms with van der Waals surface area (Å²) in [5.41, 5.74) is 1.12. The summed E-state index contributed by atoms with van der Waals surface area (Å²) in [7, 11) is 0. The Morgan fingerprint density at radius 2 is 2.19 bits per heavy atom. The Kier molecular flexibility index (Phi) is 4.08. The lowest BCUT2D eigenvalue weighted by molar-refractivity contribution is 0.292. The molecular formula is C13H18ClNO. The fourth-order valence-electron chi connectivity index (χ4n) is 1.98. The Hall–Kier alpha value is -0.730. The van der Waals surface area contributed by atoms with E-state index in [-0.39, 0.29) is 5.75 Å². The van der Waals surface area contributed by atoms with E-state index in [9.17, 15) is 5.11 Å². The second-order valence-corrected chi connectivity index (χ2v) is 4.96. The summed E-state index contributed by atoms with van der Waals surface area (Å²) in [5.74, 6) is 1.11. The maximum Gasteiger partial charge on any atom is 0.134 e. The molecule has 1 aliphatic carbocycles. The van der Waals surface area contributed by atoms with Crippen molar-refractivity contribution in [1.82, 2.24) is 5.32 Å². The first-order valence-electron chi connectivity index (χ1n) is 5.94. The molecule has 3 heteroatoms. The van der Waals surface area contributed by atoms with Crippen LogP contribution < -0.4 is 5.32 Å². The molecule has 0 aromatic heterocycles. The summed E-state index contributed by atoms with van der Waals surface area (Å²) in [6.07, 6.45) is 5.52. The number of aromatic hydroxyl groups is 1. The van der Waals surface area contributed by atoms with Gasteiger partial charge in [0.1, 0.15) is 5.75 Å². The van der Waals surface area contributed by atoms with Crippen molar-refractivity contribution in [1.29, 1.82) is 0 Å². The SMILES string of the molecule is Oc1ccc(CNCCC2CCC2)cc1Cl. The van der Waals surface area contributed by atoms with E-state index < -0.39 is 0 Å². The Balaban J connectivity index is 1.69. The predicted molar refractivity (Wildman–Crippen MR) is 66.8 cm³/mol. The van der Waals surface area contributed by atoms with Crippen LogP contribution in [0.5, 0.6) is 5.75 Å². The smallest absolute Gasteiger partial charge is 0.134 e. The van der Waals surface area contributed by atoms with Gasteiger partial charge in [-0.05, 0) is 36.6 Å². The van der Waals surface area contributed by atoms with E-state index in [2.05, 4.69) is 5.32 Å². The van der Waals surface area contributed by atoms with E-state index in [0.717, 1.165) is 24.6 Å². The van der Waals surface area contributed by atoms with Gasteiger partial charge < -0.3 is 10.4 Å². The van der Waals surface area contributed by atoms with Crippen LogP contribution in [-0.2, 0) is 6.54 Å². The molecule has 16 heavy (non-hydrogen) atoms. The summed E-state index contributed by atoms with van der Waals surface area (Å²) >= 11 is 5.83. The second-order valence-electron chi connectivity index (χ2n) is 4.55. The number of halogens is 1. The highest BCUT2D eigenvalue weighted by Gasteiger charge is 2.16. The molecule has 0 amide bonds. The minimum absolute atomic E-state index is 0.153. The third-order valence-corrected chi connectivity index (χ3v) is 3.60. The maximum atomic E-state index is 9.28. The zero-order valence-electron chi connectivity index (χ0n) is 9.38. The van der Waals surface area contributed by atoms with Gasteiger partial charge in [-0.15, -0.1) is 0 Å². The van der Waals surface area contributed by atoms with Gasteiger partial charge in [0.25, 0.3) is 0 Å². The first kappa shape index (κ1) is 11.7. The molecule has 0 radical (unpaired) electrons. The summed E-state index contributed by atoms with van der Waals surface area (Å²) < 4.78 is 0. The van der Waals surface area contributed by atoms with Gasteiger partial charge >= 0.3 is 0 Å². The molecule has 1 fully saturated rings. The van der Waals surface area contributed by atoms with Crippen LogP contribution in [0.15, 0.2) is 18.2 Å². The quantitative estimate of drug-likeness (QED) is 0.773. The van der Waals surface area contributed by atoms with Crippen molar-refractivity contribution in [3.8, 4) is 5.75 Å². The van der Waals surface area contributed by atoms with Crippen molar-refractivity contribution in [2.45, 2.75) is 32.2 Å². The summed E-state index contributed by atoms with van der Waals surface area (Å²) in [4.78, 5) is 0. The van der Waals surface area contributed by atoms with Crippen LogP contribution in [0.4, 0.5) is 0 Å². The number of benzene rings is 1. The van der Waals surface area contributed by atoms with Gasteiger partial charge in [0.2, 0.25) is 0 Å². The lowest BCUT2D eigenvalue weighted by Crippen LogP contribution is -2.21. The number of hydrogen-bond acceptors (Lipinski definition) is 2. The fourth-order valence-corrected chi connectivity index (χ4v) is 2.18. The molecule has 0 bridgehead atoms. The normalized spacial score (nSPS) is 16.1. The number of rotatable bonds is 5. The van der Waals surface area contributed by atoms with E-state index in [4.69, 9.17) is 11.6 Å². The molecule has 2 N–H and O–H groups in total. The molecule has 1 aromatic rings. The topological polar surface area (TPSA) is 32.3 Å². The molecule has 0 unspecified atom stereocenters. The minimum Gasteiger partial charge on any atom is -0.506 e. The summed E-state index contributed by atoms with van der Waals surface area (Å²) in [6.45, 7) is 1.90. The largest absolute Gasteiger partial charge is 0.506 e. The first-order valence-corrected chi connectivity index (χ1v) is 6.31. The summed E-state index contributed by atoms with van der Waals surface area (Å²) in [6, 6.07) is 5.36.